The zero-order valence-electron chi connectivity index (χ0n) is 9.59. The van der Waals surface area contributed by atoms with Gasteiger partial charge in [0.25, 0.3) is 0 Å². The van der Waals surface area contributed by atoms with E-state index in [0.29, 0.717) is 31.1 Å². The highest BCUT2D eigenvalue weighted by Crippen LogP contribution is 2.33. The van der Waals surface area contributed by atoms with E-state index in [0.717, 1.165) is 0 Å². The standard InChI is InChI=1S/C11H13NO5S/c13-18(14,12-8-3-4-15-6-8)9-1-2-10-11(5-9)17-7-16-10/h1-2,5,8,12H,3-4,6-7H2. The quantitative estimate of drug-likeness (QED) is 0.865. The van der Waals surface area contributed by atoms with Crippen LogP contribution in [0.5, 0.6) is 11.5 Å². The van der Waals surface area contributed by atoms with Crippen LogP contribution in [0, 0.1) is 0 Å². The minimum atomic E-state index is -3.53. The number of fused-ring (bicyclic) bond motifs is 1. The highest BCUT2D eigenvalue weighted by molar-refractivity contribution is 7.89. The van der Waals surface area contributed by atoms with E-state index in [2.05, 4.69) is 4.72 Å². The maximum absolute atomic E-state index is 12.1. The Morgan fingerprint density at radius 1 is 1.22 bits per heavy atom. The zero-order chi connectivity index (χ0) is 12.6. The predicted molar refractivity (Wildman–Crippen MR) is 62.1 cm³/mol. The molecule has 98 valence electrons. The summed E-state index contributed by atoms with van der Waals surface area (Å²) in [6.07, 6.45) is 0.698. The molecule has 1 aromatic carbocycles. The third-order valence-corrected chi connectivity index (χ3v) is 4.42. The van der Waals surface area contributed by atoms with Gasteiger partial charge in [-0.15, -0.1) is 0 Å². The first-order valence-corrected chi connectivity index (χ1v) is 7.13. The first-order valence-electron chi connectivity index (χ1n) is 5.65. The Morgan fingerprint density at radius 3 is 2.83 bits per heavy atom. The Balaban J connectivity index is 1.84. The molecule has 1 atom stereocenters. The summed E-state index contributed by atoms with van der Waals surface area (Å²) in [7, 11) is -3.53. The van der Waals surface area contributed by atoms with E-state index in [-0.39, 0.29) is 17.7 Å². The molecule has 0 aromatic heterocycles. The van der Waals surface area contributed by atoms with E-state index in [4.69, 9.17) is 14.2 Å². The molecule has 3 rings (SSSR count). The number of hydrogen-bond acceptors (Lipinski definition) is 5. The summed E-state index contributed by atoms with van der Waals surface area (Å²) < 4.78 is 42.3. The van der Waals surface area contributed by atoms with Crippen LogP contribution in [0.3, 0.4) is 0 Å². The summed E-state index contributed by atoms with van der Waals surface area (Å²) in [5, 5.41) is 0. The van der Waals surface area contributed by atoms with Crippen LogP contribution < -0.4 is 14.2 Å². The van der Waals surface area contributed by atoms with Crippen LogP contribution in [0.4, 0.5) is 0 Å². The van der Waals surface area contributed by atoms with Crippen LogP contribution in [-0.4, -0.2) is 34.5 Å². The molecule has 0 radical (unpaired) electrons. The van der Waals surface area contributed by atoms with E-state index in [1.165, 1.54) is 12.1 Å². The lowest BCUT2D eigenvalue weighted by Gasteiger charge is -2.11. The van der Waals surface area contributed by atoms with Crippen molar-refractivity contribution in [1.82, 2.24) is 4.72 Å². The molecule has 2 heterocycles. The predicted octanol–water partition coefficient (Wildman–Crippen LogP) is 0.482. The summed E-state index contributed by atoms with van der Waals surface area (Å²) in [5.74, 6) is 1.03. The molecule has 1 unspecified atom stereocenters. The van der Waals surface area contributed by atoms with Gasteiger partial charge in [0.2, 0.25) is 16.8 Å². The fraction of sp³-hybridized carbons (Fsp3) is 0.455. The average molecular weight is 271 g/mol. The Hall–Kier alpha value is -1.31. The normalized spacial score (nSPS) is 22.3. The van der Waals surface area contributed by atoms with Gasteiger partial charge < -0.3 is 14.2 Å². The molecule has 1 aromatic rings. The number of sulfonamides is 1. The van der Waals surface area contributed by atoms with Gasteiger partial charge in [0.15, 0.2) is 11.5 Å². The fourth-order valence-corrected chi connectivity index (χ4v) is 3.23. The largest absolute Gasteiger partial charge is 0.454 e. The summed E-state index contributed by atoms with van der Waals surface area (Å²) >= 11 is 0. The second-order valence-corrected chi connectivity index (χ2v) is 5.91. The molecule has 1 N–H and O–H groups in total. The SMILES string of the molecule is O=S(=O)(NC1CCOC1)c1ccc2c(c1)OCO2. The lowest BCUT2D eigenvalue weighted by Crippen LogP contribution is -2.34. The van der Waals surface area contributed by atoms with Crippen LogP contribution in [-0.2, 0) is 14.8 Å². The maximum Gasteiger partial charge on any atom is 0.241 e. The molecular formula is C11H13NO5S. The van der Waals surface area contributed by atoms with E-state index in [1.807, 2.05) is 0 Å². The van der Waals surface area contributed by atoms with E-state index < -0.39 is 10.0 Å². The van der Waals surface area contributed by atoms with Gasteiger partial charge in [-0.2, -0.15) is 0 Å². The van der Waals surface area contributed by atoms with Crippen molar-refractivity contribution in [2.45, 2.75) is 17.4 Å². The van der Waals surface area contributed by atoms with Gasteiger partial charge in [-0.3, -0.25) is 0 Å². The van der Waals surface area contributed by atoms with Gasteiger partial charge in [0.1, 0.15) is 0 Å². The molecule has 0 saturated carbocycles. The molecule has 0 spiro atoms. The number of hydrogen-bond donors (Lipinski definition) is 1. The molecule has 0 aliphatic carbocycles. The highest BCUT2D eigenvalue weighted by Gasteiger charge is 2.25. The van der Waals surface area contributed by atoms with Gasteiger partial charge in [-0.1, -0.05) is 0 Å². The molecule has 2 aliphatic heterocycles. The first kappa shape index (κ1) is 11.8. The summed E-state index contributed by atoms with van der Waals surface area (Å²) in [6, 6.07) is 4.43. The lowest BCUT2D eigenvalue weighted by atomic mass is 10.3. The van der Waals surface area contributed by atoms with Gasteiger partial charge in [-0.25, -0.2) is 13.1 Å². The fourth-order valence-electron chi connectivity index (χ4n) is 1.96. The summed E-state index contributed by atoms with van der Waals surface area (Å²) in [5.41, 5.74) is 0. The summed E-state index contributed by atoms with van der Waals surface area (Å²) in [6.45, 7) is 1.14. The first-order chi connectivity index (χ1) is 8.65. The van der Waals surface area contributed by atoms with E-state index >= 15 is 0 Å². The third kappa shape index (κ3) is 2.16. The van der Waals surface area contributed by atoms with Crippen molar-refractivity contribution in [2.24, 2.45) is 0 Å². The molecular weight excluding hydrogens is 258 g/mol. The molecule has 18 heavy (non-hydrogen) atoms. The van der Waals surface area contributed by atoms with Crippen LogP contribution in [0.25, 0.3) is 0 Å². The number of benzene rings is 1. The Kier molecular flexibility index (Phi) is 2.89. The molecule has 1 saturated heterocycles. The second kappa shape index (κ2) is 4.42. The minimum absolute atomic E-state index is 0.128. The molecule has 7 heteroatoms. The van der Waals surface area contributed by atoms with E-state index in [1.54, 1.807) is 6.07 Å². The molecule has 0 bridgehead atoms. The zero-order valence-corrected chi connectivity index (χ0v) is 10.4. The number of ether oxygens (including phenoxy) is 3. The second-order valence-electron chi connectivity index (χ2n) is 4.20. The summed E-state index contributed by atoms with van der Waals surface area (Å²) in [4.78, 5) is 0.179. The monoisotopic (exact) mass is 271 g/mol. The maximum atomic E-state index is 12.1. The highest BCUT2D eigenvalue weighted by atomic mass is 32.2. The minimum Gasteiger partial charge on any atom is -0.454 e. The number of nitrogens with one attached hydrogen (secondary N) is 1. The third-order valence-electron chi connectivity index (χ3n) is 2.91. The Bertz CT molecular complexity index is 551. The Morgan fingerprint density at radius 2 is 2.06 bits per heavy atom. The van der Waals surface area contributed by atoms with Crippen molar-refractivity contribution in [3.8, 4) is 11.5 Å². The van der Waals surface area contributed by atoms with Crippen LogP contribution in [0.15, 0.2) is 23.1 Å². The average Bonchev–Trinajstić information content (AvgIpc) is 2.97. The van der Waals surface area contributed by atoms with Crippen molar-refractivity contribution in [2.75, 3.05) is 20.0 Å². The number of rotatable bonds is 3. The van der Waals surface area contributed by atoms with Crippen molar-refractivity contribution in [3.63, 3.8) is 0 Å². The van der Waals surface area contributed by atoms with Crippen LogP contribution >= 0.6 is 0 Å². The molecule has 6 nitrogen and oxygen atoms in total. The van der Waals surface area contributed by atoms with Gasteiger partial charge in [0.05, 0.1) is 11.5 Å². The van der Waals surface area contributed by atoms with Gasteiger partial charge in [0, 0.05) is 18.7 Å². The topological polar surface area (TPSA) is 73.9 Å². The van der Waals surface area contributed by atoms with Crippen molar-refractivity contribution < 1.29 is 22.6 Å². The smallest absolute Gasteiger partial charge is 0.241 e. The van der Waals surface area contributed by atoms with Crippen LogP contribution in [0.1, 0.15) is 6.42 Å². The molecule has 2 aliphatic rings. The molecule has 1 fully saturated rings. The molecule has 0 amide bonds. The van der Waals surface area contributed by atoms with Crippen molar-refractivity contribution in [1.29, 1.82) is 0 Å². The van der Waals surface area contributed by atoms with Crippen LogP contribution in [0.2, 0.25) is 0 Å². The van der Waals surface area contributed by atoms with Crippen molar-refractivity contribution >= 4 is 10.0 Å². The van der Waals surface area contributed by atoms with E-state index in [9.17, 15) is 8.42 Å². The Labute approximate surface area is 105 Å². The van der Waals surface area contributed by atoms with Gasteiger partial charge >= 0.3 is 0 Å². The van der Waals surface area contributed by atoms with Gasteiger partial charge in [-0.05, 0) is 18.6 Å². The lowest BCUT2D eigenvalue weighted by molar-refractivity contribution is 0.174. The van der Waals surface area contributed by atoms with Crippen molar-refractivity contribution in [3.05, 3.63) is 18.2 Å².